The maximum absolute atomic E-state index is 13.0. The standard InChI is InChI=1S/C26H30BN5O5S/c1-25(2)26(3,4)37-27(36-25)17-10-11-19-22(14-17)38(34,35)30-23(19)31(5)28-15-16-9-12-20-21(13-16)32(24(33)29-20)18-7-6-8-18/h9-15,18H,6-8H2,1-5H3,(H,29,33)/b28-15+. The molecule has 3 aliphatic rings. The van der Waals surface area contributed by atoms with Crippen LogP contribution in [0.2, 0.25) is 0 Å². The second-order valence-electron chi connectivity index (χ2n) is 11.2. The number of sulfonamides is 1. The van der Waals surface area contributed by atoms with Gasteiger partial charge in [-0.05, 0) is 76.2 Å². The lowest BCUT2D eigenvalue weighted by Crippen LogP contribution is -2.41. The van der Waals surface area contributed by atoms with Gasteiger partial charge >= 0.3 is 12.8 Å². The molecule has 1 aliphatic carbocycles. The fourth-order valence-corrected chi connectivity index (χ4v) is 6.21. The minimum atomic E-state index is -3.91. The molecule has 10 nitrogen and oxygen atoms in total. The Labute approximate surface area is 221 Å². The molecule has 1 saturated heterocycles. The van der Waals surface area contributed by atoms with Gasteiger partial charge in [-0.15, -0.1) is 4.40 Å². The third-order valence-corrected chi connectivity index (χ3v) is 9.43. The molecule has 3 aromatic rings. The third-order valence-electron chi connectivity index (χ3n) is 8.12. The molecule has 0 amide bonds. The summed E-state index contributed by atoms with van der Waals surface area (Å²) in [5.41, 5.74) is 2.31. The van der Waals surface area contributed by atoms with E-state index < -0.39 is 28.3 Å². The quantitative estimate of drug-likeness (QED) is 0.312. The van der Waals surface area contributed by atoms with Crippen LogP contribution in [0.15, 0.2) is 55.6 Å². The highest BCUT2D eigenvalue weighted by Gasteiger charge is 2.52. The van der Waals surface area contributed by atoms with Crippen molar-refractivity contribution in [1.82, 2.24) is 14.6 Å². The molecule has 6 rings (SSSR count). The van der Waals surface area contributed by atoms with Gasteiger partial charge in [-0.25, -0.2) is 9.80 Å². The second kappa shape index (κ2) is 8.39. The molecule has 2 aromatic carbocycles. The van der Waals surface area contributed by atoms with Crippen molar-refractivity contribution in [2.75, 3.05) is 7.05 Å². The molecule has 12 heteroatoms. The van der Waals surface area contributed by atoms with Crippen molar-refractivity contribution in [3.8, 4) is 0 Å². The third kappa shape index (κ3) is 3.93. The topological polar surface area (TPSA) is 118 Å². The molecule has 38 heavy (non-hydrogen) atoms. The number of hydrazone groups is 1. The summed E-state index contributed by atoms with van der Waals surface area (Å²) in [7, 11) is -2.94. The summed E-state index contributed by atoms with van der Waals surface area (Å²) >= 11 is 0. The average molecular weight is 535 g/mol. The Morgan fingerprint density at radius 2 is 1.84 bits per heavy atom. The Morgan fingerprint density at radius 1 is 1.13 bits per heavy atom. The van der Waals surface area contributed by atoms with Gasteiger partial charge in [0.15, 0.2) is 5.84 Å². The molecular weight excluding hydrogens is 505 g/mol. The first-order valence-electron chi connectivity index (χ1n) is 12.7. The van der Waals surface area contributed by atoms with Gasteiger partial charge in [0.1, 0.15) is 4.90 Å². The number of H-pyrrole nitrogens is 1. The second-order valence-corrected chi connectivity index (χ2v) is 12.7. The van der Waals surface area contributed by atoms with Crippen LogP contribution in [0, 0.1) is 0 Å². The first-order chi connectivity index (χ1) is 17.9. The van der Waals surface area contributed by atoms with Gasteiger partial charge in [-0.1, -0.05) is 18.2 Å². The summed E-state index contributed by atoms with van der Waals surface area (Å²) in [4.78, 5) is 15.5. The van der Waals surface area contributed by atoms with Crippen LogP contribution in [0.3, 0.4) is 0 Å². The number of aromatic nitrogens is 2. The number of hydrogen-bond acceptors (Lipinski definition) is 7. The predicted octanol–water partition coefficient (Wildman–Crippen LogP) is 2.77. The smallest absolute Gasteiger partial charge is 0.399 e. The molecule has 1 aromatic heterocycles. The van der Waals surface area contributed by atoms with Crippen LogP contribution in [-0.4, -0.2) is 60.4 Å². The van der Waals surface area contributed by atoms with Crippen molar-refractivity contribution in [2.45, 2.75) is 69.1 Å². The summed E-state index contributed by atoms with van der Waals surface area (Å²) in [6.07, 6.45) is 4.75. The Morgan fingerprint density at radius 3 is 2.50 bits per heavy atom. The Hall–Kier alpha value is -3.22. The highest BCUT2D eigenvalue weighted by atomic mass is 32.2. The van der Waals surface area contributed by atoms with E-state index in [0.29, 0.717) is 11.0 Å². The van der Waals surface area contributed by atoms with Gasteiger partial charge in [0.25, 0.3) is 10.0 Å². The summed E-state index contributed by atoms with van der Waals surface area (Å²) in [6, 6.07) is 10.9. The fraction of sp³-hybridized carbons (Fsp3) is 0.423. The molecule has 1 N–H and O–H groups in total. The van der Waals surface area contributed by atoms with E-state index in [0.717, 1.165) is 35.9 Å². The van der Waals surface area contributed by atoms with E-state index in [4.69, 9.17) is 9.31 Å². The molecule has 1 saturated carbocycles. The monoisotopic (exact) mass is 535 g/mol. The average Bonchev–Trinajstić information content (AvgIpc) is 3.36. The zero-order valence-corrected chi connectivity index (χ0v) is 22.9. The van der Waals surface area contributed by atoms with Crippen molar-refractivity contribution in [3.63, 3.8) is 0 Å². The van der Waals surface area contributed by atoms with Crippen LogP contribution in [-0.2, 0) is 19.3 Å². The molecule has 0 radical (unpaired) electrons. The van der Waals surface area contributed by atoms with E-state index in [2.05, 4.69) is 14.5 Å². The summed E-state index contributed by atoms with van der Waals surface area (Å²) in [5.74, 6) is 0.228. The van der Waals surface area contributed by atoms with E-state index in [1.54, 1.807) is 31.5 Å². The van der Waals surface area contributed by atoms with Crippen LogP contribution in [0.5, 0.6) is 0 Å². The molecule has 0 unspecified atom stereocenters. The molecule has 2 fully saturated rings. The number of fused-ring (bicyclic) bond motifs is 2. The number of benzene rings is 2. The van der Waals surface area contributed by atoms with Crippen LogP contribution in [0.1, 0.15) is 64.1 Å². The lowest BCUT2D eigenvalue weighted by molar-refractivity contribution is 0.00578. The number of imidazole rings is 1. The first-order valence-corrected chi connectivity index (χ1v) is 14.2. The highest BCUT2D eigenvalue weighted by Crippen LogP contribution is 2.37. The maximum atomic E-state index is 13.0. The Kier molecular flexibility index (Phi) is 5.54. The number of amidine groups is 1. The van der Waals surface area contributed by atoms with Crippen LogP contribution >= 0.6 is 0 Å². The number of hydrogen-bond donors (Lipinski definition) is 1. The molecule has 198 valence electrons. The molecule has 0 atom stereocenters. The van der Waals surface area contributed by atoms with Crippen LogP contribution in [0.25, 0.3) is 11.0 Å². The van der Waals surface area contributed by atoms with Gasteiger partial charge < -0.3 is 14.3 Å². The number of aromatic amines is 1. The normalized spacial score (nSPS) is 21.6. The maximum Gasteiger partial charge on any atom is 0.494 e. The Bertz CT molecular complexity index is 1670. The first kappa shape index (κ1) is 25.1. The number of nitrogens with one attached hydrogen (secondary N) is 1. The molecule has 0 bridgehead atoms. The van der Waals surface area contributed by atoms with E-state index in [9.17, 15) is 13.2 Å². The van der Waals surface area contributed by atoms with Gasteiger partial charge in [0, 0.05) is 18.7 Å². The SMILES string of the molecule is CN(/N=C/c1ccc2[nH]c(=O)n(C3CCC3)c2c1)C1=NS(=O)(=O)c2cc(B3OC(C)(C)C(C)(C)O3)ccc21. The zero-order valence-electron chi connectivity index (χ0n) is 22.1. The number of rotatable bonds is 4. The number of nitrogens with zero attached hydrogens (tertiary/aromatic N) is 4. The van der Waals surface area contributed by atoms with E-state index in [-0.39, 0.29) is 22.5 Å². The fourth-order valence-electron chi connectivity index (χ4n) is 4.94. The molecule has 2 aliphatic heterocycles. The molecule has 0 spiro atoms. The summed E-state index contributed by atoms with van der Waals surface area (Å²) < 4.78 is 43.9. The van der Waals surface area contributed by atoms with Gasteiger partial charge in [0.05, 0.1) is 28.5 Å². The van der Waals surface area contributed by atoms with Crippen LogP contribution < -0.4 is 11.2 Å². The summed E-state index contributed by atoms with van der Waals surface area (Å²) in [5, 5.41) is 5.91. The highest BCUT2D eigenvalue weighted by molar-refractivity contribution is 7.90. The van der Waals surface area contributed by atoms with Crippen molar-refractivity contribution < 1.29 is 17.7 Å². The lowest BCUT2D eigenvalue weighted by Gasteiger charge is -2.32. The minimum Gasteiger partial charge on any atom is -0.399 e. The molecular formula is C26H30BN5O5S. The van der Waals surface area contributed by atoms with Gasteiger partial charge in [0.2, 0.25) is 0 Å². The van der Waals surface area contributed by atoms with Gasteiger partial charge in [-0.2, -0.15) is 13.5 Å². The van der Waals surface area contributed by atoms with Crippen LogP contribution in [0.4, 0.5) is 0 Å². The van der Waals surface area contributed by atoms with E-state index in [1.807, 2.05) is 50.5 Å². The van der Waals surface area contributed by atoms with Crippen molar-refractivity contribution in [1.29, 1.82) is 0 Å². The lowest BCUT2D eigenvalue weighted by atomic mass is 9.79. The zero-order chi connectivity index (χ0) is 27.0. The minimum absolute atomic E-state index is 0.0972. The summed E-state index contributed by atoms with van der Waals surface area (Å²) in [6.45, 7) is 7.80. The largest absolute Gasteiger partial charge is 0.494 e. The van der Waals surface area contributed by atoms with E-state index >= 15 is 0 Å². The Balaban J connectivity index is 1.27. The van der Waals surface area contributed by atoms with Crippen molar-refractivity contribution in [3.05, 3.63) is 58.0 Å². The molecule has 3 heterocycles. The van der Waals surface area contributed by atoms with Crippen molar-refractivity contribution in [2.24, 2.45) is 9.50 Å². The predicted molar refractivity (Wildman–Crippen MR) is 147 cm³/mol. The van der Waals surface area contributed by atoms with Crippen molar-refractivity contribution >= 4 is 45.7 Å². The van der Waals surface area contributed by atoms with Gasteiger partial charge in [-0.3, -0.25) is 4.57 Å². The van der Waals surface area contributed by atoms with E-state index in [1.165, 1.54) is 5.01 Å².